The maximum atomic E-state index is 11.9. The van der Waals surface area contributed by atoms with Crippen molar-refractivity contribution in [3.8, 4) is 0 Å². The molecule has 0 aliphatic rings. The van der Waals surface area contributed by atoms with Gasteiger partial charge in [0.15, 0.2) is 0 Å². The lowest BCUT2D eigenvalue weighted by molar-refractivity contribution is -0.124. The third-order valence-corrected chi connectivity index (χ3v) is 2.60. The minimum Gasteiger partial charge on any atom is -0.382 e. The lowest BCUT2D eigenvalue weighted by Gasteiger charge is -2.27. The van der Waals surface area contributed by atoms with Gasteiger partial charge in [-0.15, -0.1) is 0 Å². The van der Waals surface area contributed by atoms with Crippen LogP contribution in [-0.4, -0.2) is 31.2 Å². The highest BCUT2D eigenvalue weighted by atomic mass is 16.5. The third kappa shape index (κ3) is 4.85. The van der Waals surface area contributed by atoms with Crippen molar-refractivity contribution in [1.82, 2.24) is 5.32 Å². The average Bonchev–Trinajstić information content (AvgIpc) is 2.29. The zero-order valence-corrected chi connectivity index (χ0v) is 11.3. The van der Waals surface area contributed by atoms with Gasteiger partial charge in [0, 0.05) is 7.11 Å². The Bertz CT molecular complexity index is 377. The summed E-state index contributed by atoms with van der Waals surface area (Å²) in [5.41, 5.74) is 6.56. The molecule has 1 atom stereocenters. The highest BCUT2D eigenvalue weighted by Gasteiger charge is 2.23. The molecule has 3 N–H and O–H groups in total. The fourth-order valence-electron chi connectivity index (χ4n) is 1.78. The molecule has 0 radical (unpaired) electrons. The average molecular weight is 250 g/mol. The van der Waals surface area contributed by atoms with Gasteiger partial charge in [-0.05, 0) is 25.8 Å². The van der Waals surface area contributed by atoms with Crippen LogP contribution in [0.1, 0.15) is 19.4 Å². The first-order chi connectivity index (χ1) is 8.44. The van der Waals surface area contributed by atoms with Crippen molar-refractivity contribution in [1.29, 1.82) is 0 Å². The van der Waals surface area contributed by atoms with E-state index in [2.05, 4.69) is 5.32 Å². The number of methoxy groups -OCH3 is 1. The molecule has 4 nitrogen and oxygen atoms in total. The van der Waals surface area contributed by atoms with Gasteiger partial charge in [0.25, 0.3) is 0 Å². The van der Waals surface area contributed by atoms with E-state index in [-0.39, 0.29) is 5.91 Å². The van der Waals surface area contributed by atoms with Gasteiger partial charge in [0.1, 0.15) is 0 Å². The standard InChI is InChI=1S/C14H22N2O2/c1-14(2,10-18-3)16-13(17)12(15)9-11-7-5-4-6-8-11/h4-8,12H,9-10,15H2,1-3H3,(H,16,17)/t12-/m1/s1. The van der Waals surface area contributed by atoms with Crippen LogP contribution < -0.4 is 11.1 Å². The van der Waals surface area contributed by atoms with E-state index in [1.54, 1.807) is 7.11 Å². The van der Waals surface area contributed by atoms with Crippen molar-refractivity contribution in [2.24, 2.45) is 5.73 Å². The van der Waals surface area contributed by atoms with Gasteiger partial charge in [-0.2, -0.15) is 0 Å². The van der Waals surface area contributed by atoms with Gasteiger partial charge in [0.05, 0.1) is 18.2 Å². The first-order valence-electron chi connectivity index (χ1n) is 6.05. The summed E-state index contributed by atoms with van der Waals surface area (Å²) in [4.78, 5) is 11.9. The molecule has 0 aromatic heterocycles. The van der Waals surface area contributed by atoms with E-state index in [9.17, 15) is 4.79 Å². The van der Waals surface area contributed by atoms with Crippen LogP contribution in [0.15, 0.2) is 30.3 Å². The Kier molecular flexibility index (Phi) is 5.31. The normalized spacial score (nSPS) is 13.1. The predicted molar refractivity (Wildman–Crippen MR) is 72.2 cm³/mol. The van der Waals surface area contributed by atoms with Gasteiger partial charge in [-0.25, -0.2) is 0 Å². The number of carbonyl (C=O) groups excluding carboxylic acids is 1. The Morgan fingerprint density at radius 1 is 1.39 bits per heavy atom. The van der Waals surface area contributed by atoms with Gasteiger partial charge in [0.2, 0.25) is 5.91 Å². The Morgan fingerprint density at radius 2 is 2.00 bits per heavy atom. The number of hydrogen-bond donors (Lipinski definition) is 2. The molecule has 1 rings (SSSR count). The number of rotatable bonds is 6. The molecule has 1 aromatic carbocycles. The smallest absolute Gasteiger partial charge is 0.237 e. The summed E-state index contributed by atoms with van der Waals surface area (Å²) in [5.74, 6) is -0.152. The van der Waals surface area contributed by atoms with E-state index in [0.717, 1.165) is 5.56 Å². The van der Waals surface area contributed by atoms with Crippen LogP contribution in [0.5, 0.6) is 0 Å². The fourth-order valence-corrected chi connectivity index (χ4v) is 1.78. The molecule has 1 aromatic rings. The molecule has 0 saturated carbocycles. The number of carbonyl (C=O) groups is 1. The molecule has 0 saturated heterocycles. The number of amides is 1. The number of benzene rings is 1. The topological polar surface area (TPSA) is 64.3 Å². The van der Waals surface area contributed by atoms with Crippen molar-refractivity contribution in [3.05, 3.63) is 35.9 Å². The minimum absolute atomic E-state index is 0.152. The summed E-state index contributed by atoms with van der Waals surface area (Å²) in [7, 11) is 1.61. The molecule has 0 bridgehead atoms. The summed E-state index contributed by atoms with van der Waals surface area (Å²) in [6.45, 7) is 4.27. The van der Waals surface area contributed by atoms with E-state index in [1.807, 2.05) is 44.2 Å². The summed E-state index contributed by atoms with van der Waals surface area (Å²) in [5, 5.41) is 2.89. The zero-order chi connectivity index (χ0) is 13.6. The highest BCUT2D eigenvalue weighted by Crippen LogP contribution is 2.05. The van der Waals surface area contributed by atoms with Crippen LogP contribution in [0.4, 0.5) is 0 Å². The van der Waals surface area contributed by atoms with E-state index < -0.39 is 11.6 Å². The second-order valence-electron chi connectivity index (χ2n) is 5.10. The summed E-state index contributed by atoms with van der Waals surface area (Å²) < 4.78 is 5.05. The molecule has 0 heterocycles. The Balaban J connectivity index is 2.52. The van der Waals surface area contributed by atoms with E-state index in [0.29, 0.717) is 13.0 Å². The first kappa shape index (κ1) is 14.7. The highest BCUT2D eigenvalue weighted by molar-refractivity contribution is 5.82. The van der Waals surface area contributed by atoms with E-state index >= 15 is 0 Å². The number of nitrogens with two attached hydrogens (primary N) is 1. The summed E-state index contributed by atoms with van der Waals surface area (Å²) in [6.07, 6.45) is 0.537. The Labute approximate surface area is 109 Å². The van der Waals surface area contributed by atoms with Crippen LogP contribution in [-0.2, 0) is 16.0 Å². The molecule has 4 heteroatoms. The van der Waals surface area contributed by atoms with Crippen LogP contribution in [0.2, 0.25) is 0 Å². The monoisotopic (exact) mass is 250 g/mol. The molecule has 0 fully saturated rings. The Morgan fingerprint density at radius 3 is 2.56 bits per heavy atom. The van der Waals surface area contributed by atoms with Gasteiger partial charge < -0.3 is 15.8 Å². The first-order valence-corrected chi connectivity index (χ1v) is 6.05. The SMILES string of the molecule is COCC(C)(C)NC(=O)[C@H](N)Cc1ccccc1. The van der Waals surface area contributed by atoms with Crippen molar-refractivity contribution >= 4 is 5.91 Å². The second-order valence-corrected chi connectivity index (χ2v) is 5.10. The maximum absolute atomic E-state index is 11.9. The van der Waals surface area contributed by atoms with Crippen molar-refractivity contribution < 1.29 is 9.53 Å². The fraction of sp³-hybridized carbons (Fsp3) is 0.500. The van der Waals surface area contributed by atoms with Crippen LogP contribution in [0, 0.1) is 0 Å². The lowest BCUT2D eigenvalue weighted by Crippen LogP contribution is -2.53. The molecule has 18 heavy (non-hydrogen) atoms. The lowest BCUT2D eigenvalue weighted by atomic mass is 10.0. The van der Waals surface area contributed by atoms with Gasteiger partial charge in [-0.1, -0.05) is 30.3 Å². The Hall–Kier alpha value is -1.39. The summed E-state index contributed by atoms with van der Waals surface area (Å²) in [6, 6.07) is 9.21. The van der Waals surface area contributed by atoms with Crippen molar-refractivity contribution in [2.75, 3.05) is 13.7 Å². The van der Waals surface area contributed by atoms with E-state index in [1.165, 1.54) is 0 Å². The molecule has 100 valence electrons. The molecular weight excluding hydrogens is 228 g/mol. The summed E-state index contributed by atoms with van der Waals surface area (Å²) >= 11 is 0. The second kappa shape index (κ2) is 6.52. The quantitative estimate of drug-likeness (QED) is 0.794. The van der Waals surface area contributed by atoms with Crippen LogP contribution in [0.3, 0.4) is 0 Å². The molecule has 0 aliphatic heterocycles. The molecular formula is C14H22N2O2. The molecule has 0 aliphatic carbocycles. The number of hydrogen-bond acceptors (Lipinski definition) is 3. The van der Waals surface area contributed by atoms with Crippen molar-refractivity contribution in [3.63, 3.8) is 0 Å². The zero-order valence-electron chi connectivity index (χ0n) is 11.3. The van der Waals surface area contributed by atoms with Gasteiger partial charge >= 0.3 is 0 Å². The van der Waals surface area contributed by atoms with Crippen LogP contribution in [0.25, 0.3) is 0 Å². The van der Waals surface area contributed by atoms with Crippen molar-refractivity contribution in [2.45, 2.75) is 31.8 Å². The maximum Gasteiger partial charge on any atom is 0.237 e. The predicted octanol–water partition coefficient (Wildman–Crippen LogP) is 1.10. The minimum atomic E-state index is -0.538. The van der Waals surface area contributed by atoms with Crippen LogP contribution >= 0.6 is 0 Å². The van der Waals surface area contributed by atoms with Gasteiger partial charge in [-0.3, -0.25) is 4.79 Å². The largest absolute Gasteiger partial charge is 0.382 e. The number of nitrogens with one attached hydrogen (secondary N) is 1. The molecule has 1 amide bonds. The third-order valence-electron chi connectivity index (χ3n) is 2.60. The molecule has 0 spiro atoms. The van der Waals surface area contributed by atoms with E-state index in [4.69, 9.17) is 10.5 Å². The molecule has 0 unspecified atom stereocenters. The number of ether oxygens (including phenoxy) is 1.